The molecule has 2 aromatic rings. The third-order valence-electron chi connectivity index (χ3n) is 4.21. The summed E-state index contributed by atoms with van der Waals surface area (Å²) in [6.45, 7) is 1.65. The number of carbonyl (C=O) groups excluding carboxylic acids is 3. The number of para-hydroxylation sites is 2. The van der Waals surface area contributed by atoms with Crippen LogP contribution < -0.4 is 25.2 Å². The predicted octanol–water partition coefficient (Wildman–Crippen LogP) is 1.99. The van der Waals surface area contributed by atoms with Crippen LogP contribution in [0, 0.1) is 6.92 Å². The lowest BCUT2D eigenvalue weighted by Gasteiger charge is -2.29. The molecule has 0 fully saturated rings. The molecule has 0 radical (unpaired) electrons. The fourth-order valence-electron chi connectivity index (χ4n) is 2.71. The van der Waals surface area contributed by atoms with E-state index >= 15 is 0 Å². The molecule has 1 aliphatic rings. The van der Waals surface area contributed by atoms with Crippen LogP contribution in [-0.4, -0.2) is 37.5 Å². The van der Waals surface area contributed by atoms with Crippen LogP contribution in [0.25, 0.3) is 0 Å². The van der Waals surface area contributed by atoms with E-state index < -0.39 is 11.8 Å². The van der Waals surface area contributed by atoms with Crippen molar-refractivity contribution in [2.75, 3.05) is 24.7 Å². The molecule has 3 amide bonds. The van der Waals surface area contributed by atoms with Crippen LogP contribution >= 0.6 is 11.6 Å². The molecule has 2 aromatic carbocycles. The Morgan fingerprint density at radius 3 is 2.72 bits per heavy atom. The van der Waals surface area contributed by atoms with Crippen molar-refractivity contribution in [3.05, 3.63) is 53.1 Å². The van der Waals surface area contributed by atoms with Crippen LogP contribution in [0.3, 0.4) is 0 Å². The van der Waals surface area contributed by atoms with E-state index in [1.54, 1.807) is 36.4 Å². The Morgan fingerprint density at radius 2 is 1.93 bits per heavy atom. The van der Waals surface area contributed by atoms with E-state index in [1.807, 2.05) is 13.0 Å². The Bertz CT molecular complexity index is 934. The maximum Gasteiger partial charge on any atom is 0.276 e. The zero-order chi connectivity index (χ0) is 20.8. The number of aryl methyl sites for hydroxylation is 1. The summed E-state index contributed by atoms with van der Waals surface area (Å²) < 4.78 is 10.7. The molecule has 2 N–H and O–H groups in total. The average molecular weight is 418 g/mol. The Labute approximate surface area is 172 Å². The normalized spacial score (nSPS) is 12.6. The largest absolute Gasteiger partial charge is 0.484 e. The van der Waals surface area contributed by atoms with Crippen LogP contribution in [0.15, 0.2) is 42.5 Å². The van der Waals surface area contributed by atoms with Gasteiger partial charge >= 0.3 is 0 Å². The number of hydrazine groups is 1. The maximum absolute atomic E-state index is 12.1. The number of ether oxygens (including phenoxy) is 2. The summed E-state index contributed by atoms with van der Waals surface area (Å²) >= 11 is 5.94. The van der Waals surface area contributed by atoms with Crippen molar-refractivity contribution < 1.29 is 23.9 Å². The van der Waals surface area contributed by atoms with Crippen molar-refractivity contribution in [2.45, 2.75) is 13.3 Å². The van der Waals surface area contributed by atoms with Crippen LogP contribution in [0.2, 0.25) is 5.02 Å². The molecule has 3 rings (SSSR count). The van der Waals surface area contributed by atoms with Gasteiger partial charge in [-0.05, 0) is 42.8 Å². The van der Waals surface area contributed by atoms with Gasteiger partial charge in [-0.1, -0.05) is 23.7 Å². The second-order valence-corrected chi connectivity index (χ2v) is 6.75. The summed E-state index contributed by atoms with van der Waals surface area (Å²) in [5.74, 6) is -0.0864. The van der Waals surface area contributed by atoms with Gasteiger partial charge < -0.3 is 14.4 Å². The van der Waals surface area contributed by atoms with Gasteiger partial charge in [0, 0.05) is 18.0 Å². The highest BCUT2D eigenvalue weighted by Gasteiger charge is 2.25. The van der Waals surface area contributed by atoms with E-state index in [-0.39, 0.29) is 32.1 Å². The van der Waals surface area contributed by atoms with Gasteiger partial charge in [0.15, 0.2) is 13.2 Å². The van der Waals surface area contributed by atoms with E-state index in [4.69, 9.17) is 21.1 Å². The van der Waals surface area contributed by atoms with Crippen molar-refractivity contribution in [1.29, 1.82) is 0 Å². The van der Waals surface area contributed by atoms with Crippen molar-refractivity contribution >= 4 is 35.0 Å². The quantitative estimate of drug-likeness (QED) is 0.700. The summed E-state index contributed by atoms with van der Waals surface area (Å²) in [4.78, 5) is 37.4. The second-order valence-electron chi connectivity index (χ2n) is 6.35. The average Bonchev–Trinajstić information content (AvgIpc) is 2.72. The molecule has 9 heteroatoms. The van der Waals surface area contributed by atoms with Gasteiger partial charge in [0.1, 0.15) is 11.5 Å². The number of anilines is 1. The fourth-order valence-corrected chi connectivity index (χ4v) is 2.82. The first kappa shape index (κ1) is 20.5. The summed E-state index contributed by atoms with van der Waals surface area (Å²) in [5.41, 5.74) is 6.04. The van der Waals surface area contributed by atoms with E-state index in [1.165, 1.54) is 4.90 Å². The molecule has 0 bridgehead atoms. The highest BCUT2D eigenvalue weighted by atomic mass is 35.5. The highest BCUT2D eigenvalue weighted by molar-refractivity contribution is 6.31. The number of hydrogen-bond acceptors (Lipinski definition) is 5. The molecule has 0 atom stereocenters. The van der Waals surface area contributed by atoms with E-state index in [0.717, 1.165) is 5.56 Å². The van der Waals surface area contributed by atoms with Gasteiger partial charge in [0.2, 0.25) is 5.91 Å². The molecule has 0 aliphatic carbocycles. The van der Waals surface area contributed by atoms with Crippen LogP contribution in [0.4, 0.5) is 5.69 Å². The first-order chi connectivity index (χ1) is 13.9. The van der Waals surface area contributed by atoms with Crippen LogP contribution in [0.5, 0.6) is 11.5 Å². The third kappa shape index (κ3) is 5.39. The lowest BCUT2D eigenvalue weighted by atomic mass is 10.2. The smallest absolute Gasteiger partial charge is 0.276 e. The Morgan fingerprint density at radius 1 is 1.17 bits per heavy atom. The number of fused-ring (bicyclic) bond motifs is 1. The van der Waals surface area contributed by atoms with Gasteiger partial charge in [0.25, 0.3) is 11.8 Å². The van der Waals surface area contributed by atoms with Crippen LogP contribution in [-0.2, 0) is 14.4 Å². The van der Waals surface area contributed by atoms with Gasteiger partial charge in [-0.25, -0.2) is 0 Å². The minimum atomic E-state index is -0.515. The van der Waals surface area contributed by atoms with E-state index in [0.29, 0.717) is 22.2 Å². The molecule has 0 unspecified atom stereocenters. The molecule has 0 aromatic heterocycles. The molecular weight excluding hydrogens is 398 g/mol. The second kappa shape index (κ2) is 9.29. The molecule has 0 saturated carbocycles. The molecular formula is C20H20ClN3O5. The first-order valence-electron chi connectivity index (χ1n) is 8.93. The number of amides is 3. The Hall–Kier alpha value is -3.26. The standard InChI is InChI=1S/C20H20ClN3O5/c1-13-10-14(6-7-15(13)21)28-11-19(26)23-22-18(25)8-9-24-16-4-2-3-5-17(16)29-12-20(24)27/h2-7,10H,8-9,11-12H2,1H3,(H,22,25)(H,23,26). The topological polar surface area (TPSA) is 97.0 Å². The zero-order valence-corrected chi connectivity index (χ0v) is 16.5. The van der Waals surface area contributed by atoms with Crippen molar-refractivity contribution in [3.63, 3.8) is 0 Å². The molecule has 152 valence electrons. The predicted molar refractivity (Wildman–Crippen MR) is 107 cm³/mol. The van der Waals surface area contributed by atoms with Crippen molar-refractivity contribution in [3.8, 4) is 11.5 Å². The summed E-state index contributed by atoms with van der Waals surface area (Å²) in [6, 6.07) is 12.2. The van der Waals surface area contributed by atoms with Crippen molar-refractivity contribution in [2.24, 2.45) is 0 Å². The molecule has 0 saturated heterocycles. The summed E-state index contributed by atoms with van der Waals surface area (Å²) in [5, 5.41) is 0.607. The van der Waals surface area contributed by atoms with Gasteiger partial charge in [0.05, 0.1) is 5.69 Å². The maximum atomic E-state index is 12.1. The number of rotatable bonds is 6. The summed E-state index contributed by atoms with van der Waals surface area (Å²) in [7, 11) is 0. The monoisotopic (exact) mass is 417 g/mol. The lowest BCUT2D eigenvalue weighted by Crippen LogP contribution is -2.46. The Kier molecular flexibility index (Phi) is 6.56. The van der Waals surface area contributed by atoms with Crippen molar-refractivity contribution in [1.82, 2.24) is 10.9 Å². The minimum absolute atomic E-state index is 0.0115. The third-order valence-corrected chi connectivity index (χ3v) is 4.64. The van der Waals surface area contributed by atoms with E-state index in [2.05, 4.69) is 10.9 Å². The summed E-state index contributed by atoms with van der Waals surface area (Å²) in [6.07, 6.45) is 0.0115. The molecule has 8 nitrogen and oxygen atoms in total. The highest BCUT2D eigenvalue weighted by Crippen LogP contribution is 2.31. The fraction of sp³-hybridized carbons (Fsp3) is 0.250. The number of nitrogens with one attached hydrogen (secondary N) is 2. The first-order valence-corrected chi connectivity index (χ1v) is 9.30. The zero-order valence-electron chi connectivity index (χ0n) is 15.7. The number of halogens is 1. The molecule has 1 heterocycles. The molecule has 0 spiro atoms. The van der Waals surface area contributed by atoms with E-state index in [9.17, 15) is 14.4 Å². The van der Waals surface area contributed by atoms with Gasteiger partial charge in [-0.15, -0.1) is 0 Å². The van der Waals surface area contributed by atoms with Crippen LogP contribution in [0.1, 0.15) is 12.0 Å². The van der Waals surface area contributed by atoms with Gasteiger partial charge in [-0.3, -0.25) is 25.2 Å². The lowest BCUT2D eigenvalue weighted by molar-refractivity contribution is -0.130. The number of benzene rings is 2. The molecule has 1 aliphatic heterocycles. The number of nitrogens with zero attached hydrogens (tertiary/aromatic N) is 1. The van der Waals surface area contributed by atoms with Gasteiger partial charge in [-0.2, -0.15) is 0 Å². The number of carbonyl (C=O) groups is 3. The number of hydrogen-bond donors (Lipinski definition) is 2. The SMILES string of the molecule is Cc1cc(OCC(=O)NNC(=O)CCN2C(=O)COc3ccccc32)ccc1Cl. The molecule has 29 heavy (non-hydrogen) atoms. The minimum Gasteiger partial charge on any atom is -0.484 e. The Balaban J connectivity index is 1.42.